The fraction of sp³-hybridized carbons (Fsp3) is 0.0455. The van der Waals surface area contributed by atoms with E-state index >= 15 is 0 Å². The van der Waals surface area contributed by atoms with E-state index in [1.54, 1.807) is 42.5 Å². The minimum atomic E-state index is -3.58. The molecule has 0 amide bonds. The van der Waals surface area contributed by atoms with E-state index < -0.39 is 15.8 Å². The molecule has 1 aromatic heterocycles. The maximum Gasteiger partial charge on any atom is 0.240 e. The average Bonchev–Trinajstić information content (AvgIpc) is 3.09. The van der Waals surface area contributed by atoms with Crippen LogP contribution in [0.25, 0.3) is 22.1 Å². The molecule has 4 rings (SSSR count). The maximum atomic E-state index is 12.9. The van der Waals surface area contributed by atoms with Crippen molar-refractivity contribution in [3.63, 3.8) is 0 Å². The van der Waals surface area contributed by atoms with Gasteiger partial charge < -0.3 is 10.2 Å². The highest BCUT2D eigenvalue weighted by Crippen LogP contribution is 2.35. The van der Waals surface area contributed by atoms with E-state index in [1.807, 2.05) is 0 Å². The van der Waals surface area contributed by atoms with Crippen LogP contribution >= 0.6 is 23.2 Å². The van der Waals surface area contributed by atoms with Crippen LogP contribution in [0.4, 0.5) is 5.69 Å². The lowest BCUT2D eigenvalue weighted by Crippen LogP contribution is -2.18. The first-order valence-electron chi connectivity index (χ1n) is 9.07. The van der Waals surface area contributed by atoms with Gasteiger partial charge in [-0.2, -0.15) is 0 Å². The van der Waals surface area contributed by atoms with Gasteiger partial charge in [0.1, 0.15) is 5.58 Å². The summed E-state index contributed by atoms with van der Waals surface area (Å²) in [6.45, 7) is 0. The van der Waals surface area contributed by atoms with Crippen molar-refractivity contribution in [3.8, 4) is 11.1 Å². The molecule has 9 heteroatoms. The number of nitrogens with one attached hydrogen (secondary N) is 1. The van der Waals surface area contributed by atoms with Crippen LogP contribution in [0.1, 0.15) is 16.1 Å². The molecule has 0 atom stereocenters. The van der Waals surface area contributed by atoms with E-state index in [-0.39, 0.29) is 26.9 Å². The van der Waals surface area contributed by atoms with Crippen LogP contribution in [-0.4, -0.2) is 21.2 Å². The number of hydrogen-bond donors (Lipinski definition) is 2. The SMILES string of the molecule is CNS(=O)(=O)c1cccc(-c2ccc3c(N)c(C(=O)c4ccc(Cl)cc4Cl)oc3c2)c1. The van der Waals surface area contributed by atoms with Crippen molar-refractivity contribution in [1.29, 1.82) is 0 Å². The van der Waals surface area contributed by atoms with Crippen LogP contribution in [0, 0.1) is 0 Å². The molecule has 0 aliphatic carbocycles. The van der Waals surface area contributed by atoms with E-state index in [9.17, 15) is 13.2 Å². The summed E-state index contributed by atoms with van der Waals surface area (Å²) in [5.41, 5.74) is 8.36. The number of furan rings is 1. The Bertz CT molecular complexity index is 1450. The van der Waals surface area contributed by atoms with Gasteiger partial charge in [-0.15, -0.1) is 0 Å². The number of nitrogens with two attached hydrogens (primary N) is 1. The molecule has 31 heavy (non-hydrogen) atoms. The van der Waals surface area contributed by atoms with Crippen LogP contribution in [0.5, 0.6) is 0 Å². The monoisotopic (exact) mass is 474 g/mol. The molecule has 0 saturated carbocycles. The van der Waals surface area contributed by atoms with Gasteiger partial charge in [0.25, 0.3) is 0 Å². The second-order valence-electron chi connectivity index (χ2n) is 6.74. The van der Waals surface area contributed by atoms with Gasteiger partial charge in [0.05, 0.1) is 15.6 Å². The summed E-state index contributed by atoms with van der Waals surface area (Å²) < 4.78 is 32.3. The van der Waals surface area contributed by atoms with E-state index in [4.69, 9.17) is 33.4 Å². The lowest BCUT2D eigenvalue weighted by Gasteiger charge is -2.06. The van der Waals surface area contributed by atoms with E-state index in [0.717, 1.165) is 0 Å². The van der Waals surface area contributed by atoms with Crippen molar-refractivity contribution < 1.29 is 17.6 Å². The van der Waals surface area contributed by atoms with Gasteiger partial charge >= 0.3 is 0 Å². The molecule has 4 aromatic rings. The van der Waals surface area contributed by atoms with Crippen LogP contribution in [0.2, 0.25) is 10.0 Å². The highest BCUT2D eigenvalue weighted by molar-refractivity contribution is 7.89. The van der Waals surface area contributed by atoms with Crippen LogP contribution in [0.3, 0.4) is 0 Å². The number of fused-ring (bicyclic) bond motifs is 1. The number of carbonyl (C=O) groups excluding carboxylic acids is 1. The summed E-state index contributed by atoms with van der Waals surface area (Å²) in [6, 6.07) is 16.2. The number of carbonyl (C=O) groups is 1. The van der Waals surface area contributed by atoms with E-state index in [1.165, 1.54) is 25.2 Å². The van der Waals surface area contributed by atoms with E-state index in [2.05, 4.69) is 4.72 Å². The summed E-state index contributed by atoms with van der Waals surface area (Å²) in [5.74, 6) is -0.484. The molecule has 3 N–H and O–H groups in total. The molecule has 0 bridgehead atoms. The first kappa shape index (κ1) is 21.4. The van der Waals surface area contributed by atoms with E-state index in [0.29, 0.717) is 27.1 Å². The molecule has 1 heterocycles. The van der Waals surface area contributed by atoms with Gasteiger partial charge in [-0.25, -0.2) is 13.1 Å². The van der Waals surface area contributed by atoms with Gasteiger partial charge in [0, 0.05) is 16.0 Å². The second kappa shape index (κ2) is 8.01. The smallest absolute Gasteiger partial charge is 0.240 e. The number of benzene rings is 3. The van der Waals surface area contributed by atoms with Crippen molar-refractivity contribution in [3.05, 3.63) is 82.0 Å². The number of halogens is 2. The van der Waals surface area contributed by atoms with Crippen molar-refractivity contribution >= 4 is 55.7 Å². The Balaban J connectivity index is 1.78. The Morgan fingerprint density at radius 3 is 2.45 bits per heavy atom. The van der Waals surface area contributed by atoms with Gasteiger partial charge in [-0.1, -0.05) is 41.4 Å². The predicted molar refractivity (Wildman–Crippen MR) is 122 cm³/mol. The highest BCUT2D eigenvalue weighted by atomic mass is 35.5. The Morgan fingerprint density at radius 2 is 1.74 bits per heavy atom. The number of anilines is 1. The molecule has 0 saturated heterocycles. The molecule has 0 radical (unpaired) electrons. The van der Waals surface area contributed by atoms with Crippen LogP contribution in [-0.2, 0) is 10.0 Å². The van der Waals surface area contributed by atoms with Gasteiger partial charge in [0.2, 0.25) is 15.8 Å². The number of sulfonamides is 1. The largest absolute Gasteiger partial charge is 0.450 e. The Kier molecular flexibility index (Phi) is 5.53. The zero-order valence-electron chi connectivity index (χ0n) is 16.1. The molecular formula is C22H16Cl2N2O4S. The first-order valence-corrected chi connectivity index (χ1v) is 11.3. The van der Waals surface area contributed by atoms with Gasteiger partial charge in [-0.05, 0) is 60.6 Å². The van der Waals surface area contributed by atoms with Gasteiger partial charge in [-0.3, -0.25) is 4.79 Å². The number of rotatable bonds is 5. The van der Waals surface area contributed by atoms with Crippen LogP contribution < -0.4 is 10.5 Å². The lowest BCUT2D eigenvalue weighted by atomic mass is 10.0. The zero-order chi connectivity index (χ0) is 22.3. The van der Waals surface area contributed by atoms with Crippen molar-refractivity contribution in [1.82, 2.24) is 4.72 Å². The number of nitrogen functional groups attached to an aromatic ring is 1. The average molecular weight is 475 g/mol. The Labute approximate surface area is 188 Å². The second-order valence-corrected chi connectivity index (χ2v) is 9.47. The Morgan fingerprint density at radius 1 is 1.00 bits per heavy atom. The molecular weight excluding hydrogens is 459 g/mol. The molecule has 3 aromatic carbocycles. The third kappa shape index (κ3) is 3.93. The third-order valence-electron chi connectivity index (χ3n) is 4.86. The third-order valence-corrected chi connectivity index (χ3v) is 6.82. The number of ketones is 1. The summed E-state index contributed by atoms with van der Waals surface area (Å²) in [4.78, 5) is 13.1. The molecule has 0 spiro atoms. The first-order chi connectivity index (χ1) is 14.7. The minimum Gasteiger partial charge on any atom is -0.450 e. The van der Waals surface area contributed by atoms with Crippen molar-refractivity contribution in [2.75, 3.05) is 12.8 Å². The molecule has 6 nitrogen and oxygen atoms in total. The summed E-state index contributed by atoms with van der Waals surface area (Å²) >= 11 is 12.1. The topological polar surface area (TPSA) is 102 Å². The molecule has 0 aliphatic heterocycles. The zero-order valence-corrected chi connectivity index (χ0v) is 18.5. The lowest BCUT2D eigenvalue weighted by molar-refractivity contribution is 0.101. The molecule has 0 unspecified atom stereocenters. The van der Waals surface area contributed by atoms with Gasteiger partial charge in [0.15, 0.2) is 5.76 Å². The maximum absolute atomic E-state index is 12.9. The quantitative estimate of drug-likeness (QED) is 0.390. The fourth-order valence-corrected chi connectivity index (χ4v) is 4.49. The summed E-state index contributed by atoms with van der Waals surface area (Å²) in [6.07, 6.45) is 0. The molecule has 0 fully saturated rings. The van der Waals surface area contributed by atoms with Crippen LogP contribution in [0.15, 0.2) is 70.0 Å². The number of hydrogen-bond acceptors (Lipinski definition) is 5. The summed E-state index contributed by atoms with van der Waals surface area (Å²) in [5, 5.41) is 1.17. The minimum absolute atomic E-state index is 0.0251. The molecule has 158 valence electrons. The highest BCUT2D eigenvalue weighted by Gasteiger charge is 2.22. The summed E-state index contributed by atoms with van der Waals surface area (Å²) in [7, 11) is -2.23. The predicted octanol–water partition coefficient (Wildman–Crippen LogP) is 5.13. The van der Waals surface area contributed by atoms with Crippen molar-refractivity contribution in [2.45, 2.75) is 4.90 Å². The molecule has 0 aliphatic rings. The normalized spacial score (nSPS) is 11.7. The fourth-order valence-electron chi connectivity index (χ4n) is 3.22. The Hall–Kier alpha value is -2.84. The van der Waals surface area contributed by atoms with Crippen molar-refractivity contribution in [2.24, 2.45) is 0 Å². The standard InChI is InChI=1S/C22H16Cl2N2O4S/c1-26-31(28,29)15-4-2-3-12(9-15)13-5-7-17-19(10-13)30-22(20(17)25)21(27)16-8-6-14(23)11-18(16)24/h2-11,26H,25H2,1H3.